The van der Waals surface area contributed by atoms with Gasteiger partial charge < -0.3 is 10.2 Å². The topological polar surface area (TPSA) is 75.2 Å². The molecule has 2 amide bonds. The van der Waals surface area contributed by atoms with Gasteiger partial charge in [-0.1, -0.05) is 6.08 Å². The maximum atomic E-state index is 12.6. The predicted molar refractivity (Wildman–Crippen MR) is 108 cm³/mol. The van der Waals surface area contributed by atoms with Gasteiger partial charge in [0.15, 0.2) is 0 Å². The molecule has 0 atom stereocenters. The van der Waals surface area contributed by atoms with Crippen molar-refractivity contribution in [2.24, 2.45) is 0 Å². The third-order valence-electron chi connectivity index (χ3n) is 4.74. The van der Waals surface area contributed by atoms with Crippen LogP contribution in [0, 0.1) is 0 Å². The minimum atomic E-state index is -0.00216. The highest BCUT2D eigenvalue weighted by Crippen LogP contribution is 2.25. The van der Waals surface area contributed by atoms with Crippen molar-refractivity contribution in [3.63, 3.8) is 0 Å². The Morgan fingerprint density at radius 3 is 3.07 bits per heavy atom. The Balaban J connectivity index is 0.00000225. The number of carbonyl (C=O) groups is 2. The quantitative estimate of drug-likeness (QED) is 0.826. The molecule has 140 valence electrons. The second-order valence-corrected chi connectivity index (χ2v) is 7.51. The van der Waals surface area contributed by atoms with Crippen LogP contribution in [0.2, 0.25) is 0 Å². The van der Waals surface area contributed by atoms with Gasteiger partial charge in [0.2, 0.25) is 11.8 Å². The first-order chi connectivity index (χ1) is 13.2. The van der Waals surface area contributed by atoms with Gasteiger partial charge in [-0.05, 0) is 48.1 Å². The second-order valence-electron chi connectivity index (χ2n) is 6.61. The highest BCUT2D eigenvalue weighted by atomic mass is 32.1. The molecule has 0 saturated carbocycles. The van der Waals surface area contributed by atoms with Gasteiger partial charge in [-0.15, -0.1) is 11.3 Å². The fraction of sp³-hybridized carbons (Fsp3) is 0.300. The molecule has 2 aliphatic rings. The Morgan fingerprint density at radius 2 is 2.22 bits per heavy atom. The molecule has 0 aromatic carbocycles. The lowest BCUT2D eigenvalue weighted by Crippen LogP contribution is -2.29. The number of hydrogen-bond donors (Lipinski definition) is 1. The van der Waals surface area contributed by atoms with E-state index in [2.05, 4.69) is 21.4 Å². The molecule has 1 N–H and O–H groups in total. The van der Waals surface area contributed by atoms with E-state index in [0.717, 1.165) is 35.5 Å². The number of pyridine rings is 1. The number of amides is 2. The first-order valence-corrected chi connectivity index (χ1v) is 9.92. The molecule has 0 spiro atoms. The summed E-state index contributed by atoms with van der Waals surface area (Å²) in [7, 11) is 0. The van der Waals surface area contributed by atoms with E-state index in [1.807, 2.05) is 22.5 Å². The van der Waals surface area contributed by atoms with Gasteiger partial charge in [-0.3, -0.25) is 9.59 Å². The van der Waals surface area contributed by atoms with Gasteiger partial charge in [-0.2, -0.15) is 0 Å². The van der Waals surface area contributed by atoms with Crippen molar-refractivity contribution in [3.05, 3.63) is 52.1 Å². The lowest BCUT2D eigenvalue weighted by atomic mass is 10.0. The first kappa shape index (κ1) is 17.6. The summed E-state index contributed by atoms with van der Waals surface area (Å²) in [4.78, 5) is 34.5. The Kier molecular flexibility index (Phi) is 5.11. The molecule has 0 bridgehead atoms. The van der Waals surface area contributed by atoms with E-state index < -0.39 is 0 Å². The summed E-state index contributed by atoms with van der Waals surface area (Å²) >= 11 is 1.64. The first-order valence-electron chi connectivity index (χ1n) is 9.04. The van der Waals surface area contributed by atoms with Crippen LogP contribution in [0.5, 0.6) is 0 Å². The van der Waals surface area contributed by atoms with E-state index in [4.69, 9.17) is 0 Å². The fourth-order valence-corrected chi connectivity index (χ4v) is 4.00. The summed E-state index contributed by atoms with van der Waals surface area (Å²) in [5.74, 6) is 0.625. The molecular weight excluding hydrogens is 360 g/mol. The zero-order valence-corrected chi connectivity index (χ0v) is 15.7. The Labute approximate surface area is 163 Å². The van der Waals surface area contributed by atoms with Crippen LogP contribution in [0.15, 0.2) is 36.0 Å². The maximum Gasteiger partial charge on any atom is 0.246 e. The normalized spacial score (nSPS) is 17.3. The summed E-state index contributed by atoms with van der Waals surface area (Å²) in [6.45, 7) is 1.34. The zero-order chi connectivity index (χ0) is 18.6. The number of nitrogens with one attached hydrogen (secondary N) is 1. The summed E-state index contributed by atoms with van der Waals surface area (Å²) in [6, 6.07) is 1.98. The lowest BCUT2D eigenvalue weighted by Gasteiger charge is -2.17. The number of hydrogen-bond acceptors (Lipinski definition) is 5. The highest BCUT2D eigenvalue weighted by molar-refractivity contribution is 7.10. The molecule has 27 heavy (non-hydrogen) atoms. The van der Waals surface area contributed by atoms with E-state index in [0.29, 0.717) is 25.2 Å². The smallest absolute Gasteiger partial charge is 0.246 e. The molecule has 0 aliphatic carbocycles. The summed E-state index contributed by atoms with van der Waals surface area (Å²) in [6.07, 6.45) is 12.0. The molecule has 2 aliphatic heterocycles. The van der Waals surface area contributed by atoms with Gasteiger partial charge in [0.25, 0.3) is 0 Å². The number of aromatic nitrogens is 2. The number of carbonyl (C=O) groups excluding carboxylic acids is 2. The molecule has 4 heterocycles. The van der Waals surface area contributed by atoms with Crippen LogP contribution in [-0.2, 0) is 16.0 Å². The van der Waals surface area contributed by atoms with Crippen molar-refractivity contribution in [2.75, 3.05) is 18.4 Å². The Hall–Kier alpha value is -2.80. The third-order valence-corrected chi connectivity index (χ3v) is 5.58. The summed E-state index contributed by atoms with van der Waals surface area (Å²) in [5.41, 5.74) is 3.10. The lowest BCUT2D eigenvalue weighted by molar-refractivity contribution is -0.125. The summed E-state index contributed by atoms with van der Waals surface area (Å²) < 4.78 is 0. The zero-order valence-electron chi connectivity index (χ0n) is 14.9. The minimum absolute atomic E-state index is 0. The number of allylic oxidation sites excluding steroid dienone is 1. The summed E-state index contributed by atoms with van der Waals surface area (Å²) in [5, 5.41) is 5.79. The molecule has 0 radical (unpaired) electrons. The standard InChI is InChI=1S/C20H20N4O2S.H2/c25-17-5-4-16-12-14(13-22-19(16)23-17)3-6-18(26)24-9-1-2-15(7-10-24)20-21-8-11-27-20;/h3,6-8,11-13H,1-2,4-5,9-10H2,(H,22,23,25);1H/b6-3+;. The van der Waals surface area contributed by atoms with Crippen molar-refractivity contribution in [1.82, 2.24) is 14.9 Å². The largest absolute Gasteiger partial charge is 0.335 e. The van der Waals surface area contributed by atoms with Crippen molar-refractivity contribution in [1.29, 1.82) is 0 Å². The maximum absolute atomic E-state index is 12.6. The molecule has 7 heteroatoms. The number of aryl methyl sites for hydroxylation is 1. The van der Waals surface area contributed by atoms with Gasteiger partial charge in [0.1, 0.15) is 10.8 Å². The molecule has 4 rings (SSSR count). The Morgan fingerprint density at radius 1 is 1.30 bits per heavy atom. The molecule has 0 fully saturated rings. The number of nitrogens with zero attached hydrogens (tertiary/aromatic N) is 3. The van der Waals surface area contributed by atoms with E-state index in [-0.39, 0.29) is 13.2 Å². The van der Waals surface area contributed by atoms with E-state index >= 15 is 0 Å². The van der Waals surface area contributed by atoms with Gasteiger partial charge >= 0.3 is 0 Å². The highest BCUT2D eigenvalue weighted by Gasteiger charge is 2.17. The molecule has 0 unspecified atom stereocenters. The van der Waals surface area contributed by atoms with E-state index in [1.165, 1.54) is 5.57 Å². The average Bonchev–Trinajstić information content (AvgIpc) is 3.10. The fourth-order valence-electron chi connectivity index (χ4n) is 3.29. The van der Waals surface area contributed by atoms with Crippen molar-refractivity contribution in [3.8, 4) is 0 Å². The van der Waals surface area contributed by atoms with E-state index in [1.54, 1.807) is 29.7 Å². The number of rotatable bonds is 3. The van der Waals surface area contributed by atoms with Crippen LogP contribution in [0.4, 0.5) is 5.82 Å². The second kappa shape index (κ2) is 7.84. The molecule has 2 aromatic heterocycles. The Bertz CT molecular complexity index is 924. The minimum Gasteiger partial charge on any atom is -0.335 e. The van der Waals surface area contributed by atoms with Crippen molar-refractivity contribution >= 4 is 40.6 Å². The van der Waals surface area contributed by atoms with Crippen LogP contribution in [-0.4, -0.2) is 39.8 Å². The predicted octanol–water partition coefficient (Wildman–Crippen LogP) is 3.39. The van der Waals surface area contributed by atoms with Gasteiger partial charge in [0.05, 0.1) is 0 Å². The van der Waals surface area contributed by atoms with Gasteiger partial charge in [0, 0.05) is 44.8 Å². The number of thiazole rings is 1. The monoisotopic (exact) mass is 382 g/mol. The molecule has 6 nitrogen and oxygen atoms in total. The van der Waals surface area contributed by atoms with Crippen molar-refractivity contribution in [2.45, 2.75) is 25.7 Å². The van der Waals surface area contributed by atoms with Gasteiger partial charge in [-0.25, -0.2) is 9.97 Å². The van der Waals surface area contributed by atoms with E-state index in [9.17, 15) is 9.59 Å². The number of fused-ring (bicyclic) bond motifs is 1. The molecule has 0 saturated heterocycles. The van der Waals surface area contributed by atoms with Crippen LogP contribution < -0.4 is 5.32 Å². The van der Waals surface area contributed by atoms with Crippen LogP contribution >= 0.6 is 11.3 Å². The van der Waals surface area contributed by atoms with Crippen LogP contribution in [0.3, 0.4) is 0 Å². The molecular formula is C20H22N4O2S. The SMILES string of the molecule is O=C1CCc2cc(/C=C/C(=O)N3CC=C(c4nccs4)CCC3)cnc2N1.[HH]. The van der Waals surface area contributed by atoms with Crippen molar-refractivity contribution < 1.29 is 11.0 Å². The molecule has 2 aromatic rings. The van der Waals surface area contributed by atoms with Crippen LogP contribution in [0.25, 0.3) is 11.6 Å². The third kappa shape index (κ3) is 4.14. The number of anilines is 1. The average molecular weight is 382 g/mol. The van der Waals surface area contributed by atoms with Crippen LogP contribution in [0.1, 0.15) is 36.8 Å².